The summed E-state index contributed by atoms with van der Waals surface area (Å²) in [6.07, 6.45) is -1.42. The Morgan fingerprint density at radius 2 is 1.71 bits per heavy atom. The first-order chi connectivity index (χ1) is 13.4. The zero-order valence-electron chi connectivity index (χ0n) is 15.4. The van der Waals surface area contributed by atoms with Gasteiger partial charge < -0.3 is 14.5 Å². The van der Waals surface area contributed by atoms with Gasteiger partial charge in [-0.1, -0.05) is 18.2 Å². The minimum Gasteiger partial charge on any atom is -0.497 e. The molecule has 0 saturated carbocycles. The van der Waals surface area contributed by atoms with Gasteiger partial charge >= 0.3 is 6.18 Å². The van der Waals surface area contributed by atoms with Crippen LogP contribution < -0.4 is 9.64 Å². The fourth-order valence-corrected chi connectivity index (χ4v) is 3.05. The molecule has 0 spiro atoms. The maximum Gasteiger partial charge on any atom is 0.416 e. The Bertz CT molecular complexity index is 839. The van der Waals surface area contributed by atoms with Crippen molar-refractivity contribution in [1.29, 1.82) is 0 Å². The number of ether oxygens (including phenoxy) is 1. The van der Waals surface area contributed by atoms with Crippen molar-refractivity contribution < 1.29 is 22.7 Å². The topological polar surface area (TPSA) is 32.8 Å². The van der Waals surface area contributed by atoms with Crippen LogP contribution in [0.25, 0.3) is 6.08 Å². The summed E-state index contributed by atoms with van der Waals surface area (Å²) in [4.78, 5) is 16.3. The molecule has 2 aromatic carbocycles. The van der Waals surface area contributed by atoms with Gasteiger partial charge in [-0.2, -0.15) is 13.2 Å². The Morgan fingerprint density at radius 3 is 2.32 bits per heavy atom. The lowest BCUT2D eigenvalue weighted by Gasteiger charge is -2.35. The van der Waals surface area contributed by atoms with Crippen LogP contribution in [0.1, 0.15) is 11.1 Å². The fourth-order valence-electron chi connectivity index (χ4n) is 3.05. The Balaban J connectivity index is 1.55. The zero-order valence-corrected chi connectivity index (χ0v) is 15.4. The van der Waals surface area contributed by atoms with Gasteiger partial charge in [0.15, 0.2) is 0 Å². The molecular weight excluding hydrogens is 369 g/mol. The predicted octanol–water partition coefficient (Wildman–Crippen LogP) is 4.08. The zero-order chi connectivity index (χ0) is 20.1. The number of benzene rings is 2. The van der Waals surface area contributed by atoms with Gasteiger partial charge in [0, 0.05) is 44.0 Å². The van der Waals surface area contributed by atoms with Gasteiger partial charge in [-0.3, -0.25) is 4.79 Å². The van der Waals surface area contributed by atoms with E-state index in [-0.39, 0.29) is 5.91 Å². The van der Waals surface area contributed by atoms with Gasteiger partial charge in [0.2, 0.25) is 5.91 Å². The summed E-state index contributed by atoms with van der Waals surface area (Å²) in [6.45, 7) is 2.56. The van der Waals surface area contributed by atoms with Crippen LogP contribution >= 0.6 is 0 Å². The number of carbonyl (C=O) groups excluding carboxylic acids is 1. The van der Waals surface area contributed by atoms with E-state index in [0.717, 1.165) is 23.6 Å². The third-order valence-corrected chi connectivity index (χ3v) is 4.67. The van der Waals surface area contributed by atoms with Gasteiger partial charge in [0.05, 0.1) is 12.7 Å². The molecule has 0 N–H and O–H groups in total. The van der Waals surface area contributed by atoms with Crippen molar-refractivity contribution in [3.8, 4) is 5.75 Å². The molecule has 0 aliphatic carbocycles. The molecule has 148 valence electrons. The van der Waals surface area contributed by atoms with E-state index < -0.39 is 11.7 Å². The molecule has 0 atom stereocenters. The van der Waals surface area contributed by atoms with E-state index in [2.05, 4.69) is 4.90 Å². The van der Waals surface area contributed by atoms with Crippen molar-refractivity contribution in [3.63, 3.8) is 0 Å². The van der Waals surface area contributed by atoms with E-state index >= 15 is 0 Å². The van der Waals surface area contributed by atoms with Crippen LogP contribution in [0.4, 0.5) is 18.9 Å². The highest BCUT2D eigenvalue weighted by molar-refractivity contribution is 5.92. The summed E-state index contributed by atoms with van der Waals surface area (Å²) in [5.41, 5.74) is 0.896. The molecule has 0 radical (unpaired) electrons. The highest BCUT2D eigenvalue weighted by Gasteiger charge is 2.29. The molecule has 4 nitrogen and oxygen atoms in total. The highest BCUT2D eigenvalue weighted by Crippen LogP contribution is 2.29. The molecule has 2 aromatic rings. The van der Waals surface area contributed by atoms with Crippen LogP contribution in [-0.4, -0.2) is 44.1 Å². The first-order valence-corrected chi connectivity index (χ1v) is 8.90. The van der Waals surface area contributed by atoms with Gasteiger partial charge in [-0.05, 0) is 35.9 Å². The number of piperazine rings is 1. The first kappa shape index (κ1) is 19.8. The molecule has 0 aromatic heterocycles. The summed E-state index contributed by atoms with van der Waals surface area (Å²) >= 11 is 0. The Kier molecular flexibility index (Phi) is 5.92. The summed E-state index contributed by atoms with van der Waals surface area (Å²) in [6, 6.07) is 12.5. The maximum atomic E-state index is 12.6. The average Bonchev–Trinajstić information content (AvgIpc) is 2.72. The van der Waals surface area contributed by atoms with Gasteiger partial charge in [-0.25, -0.2) is 0 Å². The van der Waals surface area contributed by atoms with Crippen molar-refractivity contribution in [2.75, 3.05) is 38.2 Å². The number of amides is 1. The molecule has 28 heavy (non-hydrogen) atoms. The lowest BCUT2D eigenvalue weighted by Crippen LogP contribution is -2.48. The van der Waals surface area contributed by atoms with Crippen LogP contribution in [0.2, 0.25) is 0 Å². The smallest absolute Gasteiger partial charge is 0.416 e. The van der Waals surface area contributed by atoms with E-state index in [1.807, 2.05) is 24.3 Å². The molecule has 1 heterocycles. The molecule has 0 bridgehead atoms. The standard InChI is InChI=1S/C21H21F3N2O2/c1-28-19-4-2-3-18(15-19)25-11-13-26(14-12-25)20(27)10-7-16-5-8-17(9-6-16)21(22,23)24/h2-10,15H,11-14H2,1H3/b10-7+. The van der Waals surface area contributed by atoms with Gasteiger partial charge in [-0.15, -0.1) is 0 Å². The van der Waals surface area contributed by atoms with Crippen molar-refractivity contribution in [3.05, 3.63) is 65.7 Å². The van der Waals surface area contributed by atoms with E-state index in [0.29, 0.717) is 31.7 Å². The molecular formula is C21H21F3N2O2. The average molecular weight is 390 g/mol. The maximum absolute atomic E-state index is 12.6. The fraction of sp³-hybridized carbons (Fsp3) is 0.286. The van der Waals surface area contributed by atoms with Crippen LogP contribution in [0.15, 0.2) is 54.6 Å². The van der Waals surface area contributed by atoms with E-state index in [9.17, 15) is 18.0 Å². The molecule has 3 rings (SSSR count). The summed E-state index contributed by atoms with van der Waals surface area (Å²) < 4.78 is 43.0. The van der Waals surface area contributed by atoms with Crippen molar-refractivity contribution >= 4 is 17.7 Å². The molecule has 7 heteroatoms. The monoisotopic (exact) mass is 390 g/mol. The van der Waals surface area contributed by atoms with Crippen LogP contribution in [0.3, 0.4) is 0 Å². The van der Waals surface area contributed by atoms with Crippen molar-refractivity contribution in [2.24, 2.45) is 0 Å². The number of carbonyl (C=O) groups is 1. The minimum atomic E-state index is -4.36. The summed E-state index contributed by atoms with van der Waals surface area (Å²) in [5, 5.41) is 0. The number of nitrogens with zero attached hydrogens (tertiary/aromatic N) is 2. The third-order valence-electron chi connectivity index (χ3n) is 4.67. The number of hydrogen-bond donors (Lipinski definition) is 0. The van der Waals surface area contributed by atoms with Crippen molar-refractivity contribution in [1.82, 2.24) is 4.90 Å². The number of rotatable bonds is 4. The van der Waals surface area contributed by atoms with E-state index in [1.54, 1.807) is 12.0 Å². The number of anilines is 1. The van der Waals surface area contributed by atoms with E-state index in [1.165, 1.54) is 24.3 Å². The molecule has 1 aliphatic rings. The second-order valence-electron chi connectivity index (χ2n) is 6.47. The first-order valence-electron chi connectivity index (χ1n) is 8.90. The normalized spacial score (nSPS) is 15.1. The molecule has 0 unspecified atom stereocenters. The Hall–Kier alpha value is -2.96. The van der Waals surface area contributed by atoms with Crippen LogP contribution in [0, 0.1) is 0 Å². The SMILES string of the molecule is COc1cccc(N2CCN(C(=O)/C=C/c3ccc(C(F)(F)F)cc3)CC2)c1. The number of halogens is 3. The van der Waals surface area contributed by atoms with E-state index in [4.69, 9.17) is 4.74 Å². The molecule has 1 aliphatic heterocycles. The third kappa shape index (κ3) is 4.85. The predicted molar refractivity (Wildman–Crippen MR) is 102 cm³/mol. The highest BCUT2D eigenvalue weighted by atomic mass is 19.4. The molecule has 1 fully saturated rings. The van der Waals surface area contributed by atoms with Gasteiger partial charge in [0.25, 0.3) is 0 Å². The minimum absolute atomic E-state index is 0.148. The Morgan fingerprint density at radius 1 is 1.04 bits per heavy atom. The lowest BCUT2D eigenvalue weighted by molar-refractivity contribution is -0.137. The number of hydrogen-bond acceptors (Lipinski definition) is 3. The lowest BCUT2D eigenvalue weighted by atomic mass is 10.1. The van der Waals surface area contributed by atoms with Crippen molar-refractivity contribution in [2.45, 2.75) is 6.18 Å². The quantitative estimate of drug-likeness (QED) is 0.738. The number of alkyl halides is 3. The largest absolute Gasteiger partial charge is 0.497 e. The molecule has 1 saturated heterocycles. The summed E-state index contributed by atoms with van der Waals surface area (Å²) in [5.74, 6) is 0.640. The Labute approximate surface area is 161 Å². The number of methoxy groups -OCH3 is 1. The summed E-state index contributed by atoms with van der Waals surface area (Å²) in [7, 11) is 1.62. The van der Waals surface area contributed by atoms with Gasteiger partial charge in [0.1, 0.15) is 5.75 Å². The molecule has 1 amide bonds. The van der Waals surface area contributed by atoms with Crippen LogP contribution in [0.5, 0.6) is 5.75 Å². The second kappa shape index (κ2) is 8.37. The second-order valence-corrected chi connectivity index (χ2v) is 6.47. The van der Waals surface area contributed by atoms with Crippen LogP contribution in [-0.2, 0) is 11.0 Å².